The lowest BCUT2D eigenvalue weighted by Gasteiger charge is -2.14. The van der Waals surface area contributed by atoms with E-state index in [4.69, 9.17) is 23.8 Å². The Kier molecular flexibility index (Phi) is 3.96. The van der Waals surface area contributed by atoms with Gasteiger partial charge in [0.2, 0.25) is 0 Å². The molecule has 3 rings (SSSR count). The smallest absolute Gasteiger partial charge is 0.281 e. The third-order valence-corrected chi connectivity index (χ3v) is 3.82. The van der Waals surface area contributed by atoms with Crippen LogP contribution in [0.3, 0.4) is 0 Å². The van der Waals surface area contributed by atoms with Gasteiger partial charge in [0.15, 0.2) is 5.11 Å². The minimum atomic E-state index is -0.171. The second-order valence-electron chi connectivity index (χ2n) is 5.02. The highest BCUT2D eigenvalue weighted by molar-refractivity contribution is 7.80. The van der Waals surface area contributed by atoms with Crippen LogP contribution >= 0.6 is 23.8 Å². The molecular formula is C17H13ClN2OS. The normalized spacial score (nSPS) is 16.3. The van der Waals surface area contributed by atoms with Crippen molar-refractivity contribution in [2.75, 3.05) is 4.90 Å². The number of carbonyl (C=O) groups is 1. The molecule has 1 N–H and O–H groups in total. The predicted octanol–water partition coefficient (Wildman–Crippen LogP) is 3.91. The van der Waals surface area contributed by atoms with Crippen molar-refractivity contribution in [1.82, 2.24) is 5.32 Å². The number of hydrogen-bond acceptors (Lipinski definition) is 2. The highest BCUT2D eigenvalue weighted by atomic mass is 35.5. The number of thiocarbonyl (C=S) groups is 1. The zero-order chi connectivity index (χ0) is 15.7. The first kappa shape index (κ1) is 14.8. The zero-order valence-electron chi connectivity index (χ0n) is 11.8. The van der Waals surface area contributed by atoms with Crippen LogP contribution in [0.15, 0.2) is 54.2 Å². The number of hydrogen-bond donors (Lipinski definition) is 1. The van der Waals surface area contributed by atoms with Crippen LogP contribution in [0.5, 0.6) is 0 Å². The van der Waals surface area contributed by atoms with E-state index >= 15 is 0 Å². The lowest BCUT2D eigenvalue weighted by molar-refractivity contribution is -0.113. The molecule has 110 valence electrons. The molecule has 1 amide bonds. The van der Waals surface area contributed by atoms with Crippen molar-refractivity contribution in [3.63, 3.8) is 0 Å². The molecule has 1 aliphatic rings. The Morgan fingerprint density at radius 3 is 2.68 bits per heavy atom. The summed E-state index contributed by atoms with van der Waals surface area (Å²) in [5.41, 5.74) is 3.11. The molecule has 1 saturated heterocycles. The van der Waals surface area contributed by atoms with Crippen LogP contribution in [0.25, 0.3) is 6.08 Å². The standard InChI is InChI=1S/C17H13ClN2OS/c1-11-4-2-7-14(8-11)20-16(21)15(19-17(20)22)10-12-5-3-6-13(18)9-12/h2-10H,1H3,(H,19,22)/b15-10+. The van der Waals surface area contributed by atoms with Crippen LogP contribution in [0.1, 0.15) is 11.1 Å². The van der Waals surface area contributed by atoms with Gasteiger partial charge in [-0.15, -0.1) is 0 Å². The van der Waals surface area contributed by atoms with Crippen LogP contribution in [-0.4, -0.2) is 11.0 Å². The number of benzene rings is 2. The first-order valence-corrected chi connectivity index (χ1v) is 7.52. The van der Waals surface area contributed by atoms with Crippen molar-refractivity contribution in [2.45, 2.75) is 6.92 Å². The quantitative estimate of drug-likeness (QED) is 0.670. The summed E-state index contributed by atoms with van der Waals surface area (Å²) in [6.45, 7) is 1.98. The van der Waals surface area contributed by atoms with Gasteiger partial charge in [-0.1, -0.05) is 35.9 Å². The Balaban J connectivity index is 1.95. The van der Waals surface area contributed by atoms with Crippen molar-refractivity contribution < 1.29 is 4.79 Å². The molecule has 0 aliphatic carbocycles. The Morgan fingerprint density at radius 2 is 1.95 bits per heavy atom. The van der Waals surface area contributed by atoms with Crippen LogP contribution in [0.4, 0.5) is 5.69 Å². The van der Waals surface area contributed by atoms with E-state index in [0.717, 1.165) is 16.8 Å². The molecule has 2 aromatic rings. The molecule has 0 unspecified atom stereocenters. The largest absolute Gasteiger partial charge is 0.327 e. The number of amides is 1. The summed E-state index contributed by atoms with van der Waals surface area (Å²) in [5.74, 6) is -0.171. The van der Waals surface area contributed by atoms with E-state index in [1.54, 1.807) is 18.2 Å². The molecular weight excluding hydrogens is 316 g/mol. The van der Waals surface area contributed by atoms with Gasteiger partial charge in [0.1, 0.15) is 5.70 Å². The average Bonchev–Trinajstić information content (AvgIpc) is 2.73. The van der Waals surface area contributed by atoms with Crippen LogP contribution in [0.2, 0.25) is 5.02 Å². The van der Waals surface area contributed by atoms with Gasteiger partial charge in [0.25, 0.3) is 5.91 Å². The molecule has 1 fully saturated rings. The maximum Gasteiger partial charge on any atom is 0.281 e. The predicted molar refractivity (Wildman–Crippen MR) is 93.8 cm³/mol. The van der Waals surface area contributed by atoms with Gasteiger partial charge in [-0.05, 0) is 60.6 Å². The van der Waals surface area contributed by atoms with Gasteiger partial charge in [-0.3, -0.25) is 9.69 Å². The number of aryl methyl sites for hydroxylation is 1. The molecule has 5 heteroatoms. The highest BCUT2D eigenvalue weighted by Gasteiger charge is 2.31. The molecule has 0 aromatic heterocycles. The monoisotopic (exact) mass is 328 g/mol. The Morgan fingerprint density at radius 1 is 1.18 bits per heavy atom. The first-order valence-electron chi connectivity index (χ1n) is 6.74. The Labute approximate surface area is 139 Å². The van der Waals surface area contributed by atoms with E-state index in [2.05, 4.69) is 5.32 Å². The molecule has 2 aromatic carbocycles. The minimum Gasteiger partial charge on any atom is -0.327 e. The maximum atomic E-state index is 12.6. The SMILES string of the molecule is Cc1cccc(N2C(=O)/C(=C\c3cccc(Cl)c3)NC2=S)c1. The minimum absolute atomic E-state index is 0.171. The number of nitrogens with zero attached hydrogens (tertiary/aromatic N) is 1. The van der Waals surface area contributed by atoms with Crippen molar-refractivity contribution in [3.05, 3.63) is 70.4 Å². The van der Waals surface area contributed by atoms with Gasteiger partial charge in [0, 0.05) is 5.02 Å². The molecule has 0 spiro atoms. The van der Waals surface area contributed by atoms with Crippen molar-refractivity contribution >= 4 is 46.6 Å². The molecule has 0 radical (unpaired) electrons. The second kappa shape index (κ2) is 5.91. The van der Waals surface area contributed by atoms with E-state index < -0.39 is 0 Å². The maximum absolute atomic E-state index is 12.6. The topological polar surface area (TPSA) is 32.3 Å². The Hall–Kier alpha value is -2.17. The third-order valence-electron chi connectivity index (χ3n) is 3.30. The first-order chi connectivity index (χ1) is 10.5. The fourth-order valence-corrected chi connectivity index (χ4v) is 2.80. The molecule has 0 bridgehead atoms. The summed E-state index contributed by atoms with van der Waals surface area (Å²) in [7, 11) is 0. The van der Waals surface area contributed by atoms with E-state index in [-0.39, 0.29) is 5.91 Å². The van der Waals surface area contributed by atoms with Crippen LogP contribution < -0.4 is 10.2 Å². The van der Waals surface area contributed by atoms with Gasteiger partial charge >= 0.3 is 0 Å². The van der Waals surface area contributed by atoms with Crippen LogP contribution in [-0.2, 0) is 4.79 Å². The summed E-state index contributed by atoms with van der Waals surface area (Å²) in [6, 6.07) is 15.0. The fraction of sp³-hybridized carbons (Fsp3) is 0.0588. The van der Waals surface area contributed by atoms with Gasteiger partial charge in [-0.25, -0.2) is 0 Å². The molecule has 0 atom stereocenters. The summed E-state index contributed by atoms with van der Waals surface area (Å²) in [5, 5.41) is 3.97. The average molecular weight is 329 g/mol. The second-order valence-corrected chi connectivity index (χ2v) is 5.85. The van der Waals surface area contributed by atoms with Gasteiger partial charge < -0.3 is 5.32 Å². The molecule has 3 nitrogen and oxygen atoms in total. The Bertz CT molecular complexity index is 801. The number of halogens is 1. The number of anilines is 1. The lowest BCUT2D eigenvalue weighted by Crippen LogP contribution is -2.30. The van der Waals surface area contributed by atoms with Gasteiger partial charge in [0.05, 0.1) is 5.69 Å². The van der Waals surface area contributed by atoms with E-state index in [0.29, 0.717) is 15.8 Å². The summed E-state index contributed by atoms with van der Waals surface area (Å²) >= 11 is 11.3. The fourth-order valence-electron chi connectivity index (χ4n) is 2.30. The molecule has 0 saturated carbocycles. The lowest BCUT2D eigenvalue weighted by atomic mass is 10.2. The molecule has 1 aliphatic heterocycles. The summed E-state index contributed by atoms with van der Waals surface area (Å²) in [4.78, 5) is 14.1. The molecule has 1 heterocycles. The van der Waals surface area contributed by atoms with Crippen molar-refractivity contribution in [2.24, 2.45) is 0 Å². The zero-order valence-corrected chi connectivity index (χ0v) is 13.4. The summed E-state index contributed by atoms with van der Waals surface area (Å²) < 4.78 is 0. The number of rotatable bonds is 2. The number of nitrogens with one attached hydrogen (secondary N) is 1. The van der Waals surface area contributed by atoms with E-state index in [9.17, 15) is 4.79 Å². The van der Waals surface area contributed by atoms with Crippen molar-refractivity contribution in [1.29, 1.82) is 0 Å². The summed E-state index contributed by atoms with van der Waals surface area (Å²) in [6.07, 6.45) is 1.75. The van der Waals surface area contributed by atoms with E-state index in [1.165, 1.54) is 4.90 Å². The number of carbonyl (C=O) groups excluding carboxylic acids is 1. The van der Waals surface area contributed by atoms with Crippen molar-refractivity contribution in [3.8, 4) is 0 Å². The highest BCUT2D eigenvalue weighted by Crippen LogP contribution is 2.23. The van der Waals surface area contributed by atoms with Gasteiger partial charge in [-0.2, -0.15) is 0 Å². The van der Waals surface area contributed by atoms with Crippen LogP contribution in [0, 0.1) is 6.92 Å². The molecule has 22 heavy (non-hydrogen) atoms. The van der Waals surface area contributed by atoms with E-state index in [1.807, 2.05) is 43.3 Å². The third kappa shape index (κ3) is 2.89.